The van der Waals surface area contributed by atoms with Gasteiger partial charge >= 0.3 is 0 Å². The van der Waals surface area contributed by atoms with Gasteiger partial charge in [0.05, 0.1) is 5.69 Å². The average Bonchev–Trinajstić information content (AvgIpc) is 2.22. The van der Waals surface area contributed by atoms with Gasteiger partial charge in [-0.25, -0.2) is 4.39 Å². The fourth-order valence-corrected chi connectivity index (χ4v) is 1.39. The van der Waals surface area contributed by atoms with Crippen LogP contribution in [0.1, 0.15) is 13.8 Å². The maximum Gasteiger partial charge on any atom is 0.242 e. The van der Waals surface area contributed by atoms with E-state index in [0.29, 0.717) is 11.6 Å². The summed E-state index contributed by atoms with van der Waals surface area (Å²) in [5, 5.41) is 5.75. The number of nitrogens with one attached hydrogen (secondary N) is 2. The topological polar surface area (TPSA) is 41.1 Å². The molecular weight excluding hydrogens is 231 g/mol. The molecule has 1 amide bonds. The minimum atomic E-state index is -0.490. The van der Waals surface area contributed by atoms with Gasteiger partial charge in [0.2, 0.25) is 5.91 Å². The van der Waals surface area contributed by atoms with E-state index in [-0.39, 0.29) is 11.6 Å². The highest BCUT2D eigenvalue weighted by molar-refractivity contribution is 6.30. The van der Waals surface area contributed by atoms with Gasteiger partial charge in [-0.2, -0.15) is 0 Å². The zero-order valence-electron chi connectivity index (χ0n) is 9.18. The van der Waals surface area contributed by atoms with Gasteiger partial charge in [-0.15, -0.1) is 0 Å². The van der Waals surface area contributed by atoms with E-state index in [4.69, 9.17) is 11.6 Å². The van der Waals surface area contributed by atoms with Crippen molar-refractivity contribution in [2.75, 3.05) is 11.9 Å². The molecule has 1 aromatic carbocycles. The first-order valence-electron chi connectivity index (χ1n) is 5.04. The summed E-state index contributed by atoms with van der Waals surface area (Å²) in [4.78, 5) is 11.4. The van der Waals surface area contributed by atoms with Gasteiger partial charge in [0.1, 0.15) is 11.9 Å². The number of benzene rings is 1. The van der Waals surface area contributed by atoms with Crippen molar-refractivity contribution < 1.29 is 9.18 Å². The lowest BCUT2D eigenvalue weighted by molar-refractivity contribution is -0.121. The molecule has 0 saturated carbocycles. The molecule has 0 aliphatic rings. The van der Waals surface area contributed by atoms with Crippen LogP contribution in [0.25, 0.3) is 0 Å². The Balaban J connectivity index is 2.69. The highest BCUT2D eigenvalue weighted by Gasteiger charge is 2.13. The molecule has 0 spiro atoms. The van der Waals surface area contributed by atoms with Crippen molar-refractivity contribution in [2.45, 2.75) is 19.9 Å². The van der Waals surface area contributed by atoms with E-state index in [2.05, 4.69) is 10.6 Å². The van der Waals surface area contributed by atoms with Gasteiger partial charge in [0, 0.05) is 11.6 Å². The minimum Gasteiger partial charge on any atom is -0.372 e. The summed E-state index contributed by atoms with van der Waals surface area (Å²) >= 11 is 5.62. The van der Waals surface area contributed by atoms with Crippen LogP contribution in [-0.4, -0.2) is 18.5 Å². The number of hydrogen-bond donors (Lipinski definition) is 2. The zero-order chi connectivity index (χ0) is 12.1. The number of likely N-dealkylation sites (N-methyl/N-ethyl adjacent to an activating group) is 1. The molecule has 0 heterocycles. The van der Waals surface area contributed by atoms with E-state index in [0.717, 1.165) is 0 Å². The lowest BCUT2D eigenvalue weighted by Crippen LogP contribution is -2.37. The van der Waals surface area contributed by atoms with Crippen LogP contribution in [0.2, 0.25) is 5.02 Å². The summed E-state index contributed by atoms with van der Waals surface area (Å²) in [5.41, 5.74) is 0.267. The summed E-state index contributed by atoms with van der Waals surface area (Å²) in [6.45, 7) is 4.04. The third-order valence-electron chi connectivity index (χ3n) is 2.05. The molecule has 0 fully saturated rings. The lowest BCUT2D eigenvalue weighted by atomic mass is 10.2. The number of rotatable bonds is 4. The van der Waals surface area contributed by atoms with E-state index in [1.165, 1.54) is 12.1 Å². The van der Waals surface area contributed by atoms with Crippen molar-refractivity contribution in [3.05, 3.63) is 29.0 Å². The van der Waals surface area contributed by atoms with Gasteiger partial charge in [0.15, 0.2) is 0 Å². The molecular formula is C11H14ClFN2O. The summed E-state index contributed by atoms with van der Waals surface area (Å²) in [7, 11) is 0. The molecule has 1 aromatic rings. The molecule has 0 saturated heterocycles. The predicted molar refractivity (Wildman–Crippen MR) is 63.2 cm³/mol. The monoisotopic (exact) mass is 244 g/mol. The summed E-state index contributed by atoms with van der Waals surface area (Å²) in [6.07, 6.45) is 0. The molecule has 88 valence electrons. The SMILES string of the molecule is CCNC(=O)C(C)Nc1ccc(Cl)cc1F. The normalized spacial score (nSPS) is 12.0. The molecule has 2 N–H and O–H groups in total. The van der Waals surface area contributed by atoms with Crippen LogP contribution < -0.4 is 10.6 Å². The predicted octanol–water partition coefficient (Wildman–Crippen LogP) is 2.42. The van der Waals surface area contributed by atoms with Crippen LogP contribution in [0, 0.1) is 5.82 Å². The number of anilines is 1. The fourth-order valence-electron chi connectivity index (χ4n) is 1.23. The highest BCUT2D eigenvalue weighted by Crippen LogP contribution is 2.19. The van der Waals surface area contributed by atoms with E-state index in [1.54, 1.807) is 13.0 Å². The Morgan fingerprint density at radius 1 is 1.56 bits per heavy atom. The standard InChI is InChI=1S/C11H14ClFN2O/c1-3-14-11(16)7(2)15-10-5-4-8(12)6-9(10)13/h4-7,15H,3H2,1-2H3,(H,14,16). The van der Waals surface area contributed by atoms with Crippen LogP contribution in [0.15, 0.2) is 18.2 Å². The molecule has 1 atom stereocenters. The molecule has 0 aliphatic carbocycles. The molecule has 0 radical (unpaired) electrons. The van der Waals surface area contributed by atoms with Gasteiger partial charge < -0.3 is 10.6 Å². The Morgan fingerprint density at radius 3 is 2.81 bits per heavy atom. The third kappa shape index (κ3) is 3.38. The first-order valence-corrected chi connectivity index (χ1v) is 5.41. The van der Waals surface area contributed by atoms with E-state index < -0.39 is 11.9 Å². The van der Waals surface area contributed by atoms with Crippen molar-refractivity contribution in [1.29, 1.82) is 0 Å². The average molecular weight is 245 g/mol. The Bertz CT molecular complexity index is 384. The molecule has 1 rings (SSSR count). The first-order chi connectivity index (χ1) is 7.54. The summed E-state index contributed by atoms with van der Waals surface area (Å²) in [5.74, 6) is -0.638. The Labute approximate surface area is 99.0 Å². The molecule has 16 heavy (non-hydrogen) atoms. The molecule has 0 aromatic heterocycles. The zero-order valence-corrected chi connectivity index (χ0v) is 9.94. The van der Waals surface area contributed by atoms with E-state index in [9.17, 15) is 9.18 Å². The maximum absolute atomic E-state index is 13.4. The van der Waals surface area contributed by atoms with Crippen molar-refractivity contribution in [3.8, 4) is 0 Å². The Kier molecular flexibility index (Phi) is 4.55. The highest BCUT2D eigenvalue weighted by atomic mass is 35.5. The van der Waals surface area contributed by atoms with Crippen LogP contribution >= 0.6 is 11.6 Å². The number of amides is 1. The minimum absolute atomic E-state index is 0.170. The Morgan fingerprint density at radius 2 is 2.25 bits per heavy atom. The first kappa shape index (κ1) is 12.8. The lowest BCUT2D eigenvalue weighted by Gasteiger charge is -2.15. The second-order valence-corrected chi connectivity index (χ2v) is 3.82. The van der Waals surface area contributed by atoms with Crippen molar-refractivity contribution in [3.63, 3.8) is 0 Å². The molecule has 0 bridgehead atoms. The third-order valence-corrected chi connectivity index (χ3v) is 2.28. The van der Waals surface area contributed by atoms with Crippen molar-refractivity contribution in [2.24, 2.45) is 0 Å². The van der Waals surface area contributed by atoms with Gasteiger partial charge in [0.25, 0.3) is 0 Å². The molecule has 1 unspecified atom stereocenters. The van der Waals surface area contributed by atoms with Gasteiger partial charge in [-0.1, -0.05) is 11.6 Å². The molecule has 3 nitrogen and oxygen atoms in total. The molecule has 5 heteroatoms. The maximum atomic E-state index is 13.4. The van der Waals surface area contributed by atoms with Crippen LogP contribution in [0.4, 0.5) is 10.1 Å². The van der Waals surface area contributed by atoms with Gasteiger partial charge in [-0.3, -0.25) is 4.79 Å². The van der Waals surface area contributed by atoms with Crippen molar-refractivity contribution >= 4 is 23.2 Å². The second-order valence-electron chi connectivity index (χ2n) is 3.38. The number of carbonyl (C=O) groups excluding carboxylic acids is 1. The van der Waals surface area contributed by atoms with Gasteiger partial charge in [-0.05, 0) is 32.0 Å². The summed E-state index contributed by atoms with van der Waals surface area (Å²) in [6, 6.07) is 3.79. The van der Waals surface area contributed by atoms with Crippen LogP contribution in [0.3, 0.4) is 0 Å². The van der Waals surface area contributed by atoms with Crippen LogP contribution in [0.5, 0.6) is 0 Å². The smallest absolute Gasteiger partial charge is 0.242 e. The van der Waals surface area contributed by atoms with E-state index in [1.807, 2.05) is 6.92 Å². The summed E-state index contributed by atoms with van der Waals surface area (Å²) < 4.78 is 13.4. The Hall–Kier alpha value is -1.29. The number of carbonyl (C=O) groups is 1. The van der Waals surface area contributed by atoms with E-state index >= 15 is 0 Å². The van der Waals surface area contributed by atoms with Crippen molar-refractivity contribution in [1.82, 2.24) is 5.32 Å². The largest absolute Gasteiger partial charge is 0.372 e. The second kappa shape index (κ2) is 5.70. The molecule has 0 aliphatic heterocycles. The number of hydrogen-bond acceptors (Lipinski definition) is 2. The quantitative estimate of drug-likeness (QED) is 0.854. The fraction of sp³-hybridized carbons (Fsp3) is 0.364. The number of halogens is 2. The van der Waals surface area contributed by atoms with Crippen LogP contribution in [-0.2, 0) is 4.79 Å².